The molecule has 0 saturated carbocycles. The third-order valence-electron chi connectivity index (χ3n) is 9.46. The molecule has 2 unspecified atom stereocenters. The fourth-order valence-corrected chi connectivity index (χ4v) is 9.60. The zero-order valence-electron chi connectivity index (χ0n) is 24.8. The van der Waals surface area contributed by atoms with Crippen LogP contribution in [0.5, 0.6) is 0 Å². The van der Waals surface area contributed by atoms with Gasteiger partial charge in [-0.1, -0.05) is 62.2 Å². The predicted molar refractivity (Wildman–Crippen MR) is 174 cm³/mol. The Balaban J connectivity index is 1.61. The molecule has 2 aromatic rings. The highest BCUT2D eigenvalue weighted by Gasteiger charge is 2.75. The lowest BCUT2D eigenvalue weighted by Gasteiger charge is -2.41. The molecule has 3 heterocycles. The molecule has 1 N–H and O–H groups in total. The highest BCUT2D eigenvalue weighted by molar-refractivity contribution is 8.02. The minimum absolute atomic E-state index is 0.0548. The van der Waals surface area contributed by atoms with Crippen LogP contribution in [0.1, 0.15) is 33.1 Å². The van der Waals surface area contributed by atoms with Gasteiger partial charge >= 0.3 is 0 Å². The van der Waals surface area contributed by atoms with Crippen LogP contribution in [0.25, 0.3) is 0 Å². The number of likely N-dealkylation sites (tertiary alicyclic amines) is 1. The highest BCUT2D eigenvalue weighted by Crippen LogP contribution is 2.67. The smallest absolute Gasteiger partial charge is 0.251 e. The topological polar surface area (TPSA) is 81.2 Å². The molecule has 43 heavy (non-hydrogen) atoms. The molecule has 3 amide bonds. The lowest BCUT2D eigenvalue weighted by molar-refractivity contribution is -0.143. The zero-order valence-corrected chi connectivity index (χ0v) is 26.3. The Morgan fingerprint density at radius 3 is 2.26 bits per heavy atom. The number of rotatable bonds is 12. The molecular formula is C34H40ClN3O4S. The number of hydrogen-bond acceptors (Lipinski definition) is 5. The summed E-state index contributed by atoms with van der Waals surface area (Å²) in [5, 5.41) is 11.1. The molecule has 228 valence electrons. The molecule has 3 fully saturated rings. The number of fused-ring (bicyclic) bond motifs is 1. The largest absolute Gasteiger partial charge is 0.394 e. The van der Waals surface area contributed by atoms with Crippen molar-refractivity contribution in [3.05, 3.63) is 84.9 Å². The second-order valence-electron chi connectivity index (χ2n) is 11.7. The molecule has 3 aliphatic heterocycles. The van der Waals surface area contributed by atoms with E-state index in [1.54, 1.807) is 62.9 Å². The summed E-state index contributed by atoms with van der Waals surface area (Å²) in [5.74, 6) is -1.89. The van der Waals surface area contributed by atoms with Crippen LogP contribution >= 0.6 is 23.4 Å². The summed E-state index contributed by atoms with van der Waals surface area (Å²) in [4.78, 5) is 49.0. The summed E-state index contributed by atoms with van der Waals surface area (Å²) in [7, 11) is 0. The number of aliphatic hydroxyl groups excluding tert-OH is 1. The van der Waals surface area contributed by atoms with E-state index in [0.29, 0.717) is 23.7 Å². The van der Waals surface area contributed by atoms with Gasteiger partial charge in [0.15, 0.2) is 0 Å². The number of nitrogens with zero attached hydrogens (tertiary/aromatic N) is 3. The van der Waals surface area contributed by atoms with Crippen LogP contribution in [-0.4, -0.2) is 69.5 Å². The van der Waals surface area contributed by atoms with E-state index in [1.807, 2.05) is 44.2 Å². The van der Waals surface area contributed by atoms with Crippen molar-refractivity contribution in [2.24, 2.45) is 17.8 Å². The maximum Gasteiger partial charge on any atom is 0.251 e. The summed E-state index contributed by atoms with van der Waals surface area (Å²) < 4.78 is -0.789. The maximum absolute atomic E-state index is 14.8. The Morgan fingerprint density at radius 2 is 1.67 bits per heavy atom. The maximum atomic E-state index is 14.8. The zero-order chi connectivity index (χ0) is 30.9. The molecule has 2 bridgehead atoms. The summed E-state index contributed by atoms with van der Waals surface area (Å²) in [6.07, 6.45) is 5.46. The number of halogens is 1. The van der Waals surface area contributed by atoms with Crippen LogP contribution in [0.15, 0.2) is 79.9 Å². The second kappa shape index (κ2) is 12.9. The third kappa shape index (κ3) is 5.32. The van der Waals surface area contributed by atoms with Crippen molar-refractivity contribution in [2.45, 2.75) is 55.2 Å². The lowest BCUT2D eigenvalue weighted by atomic mass is 9.70. The minimum Gasteiger partial charge on any atom is -0.394 e. The molecule has 0 aliphatic carbocycles. The molecule has 7 nitrogen and oxygen atoms in total. The molecule has 3 saturated heterocycles. The monoisotopic (exact) mass is 621 g/mol. The molecule has 1 spiro atoms. The summed E-state index contributed by atoms with van der Waals surface area (Å²) in [5.41, 5.74) is 1.40. The van der Waals surface area contributed by atoms with Crippen LogP contribution in [-0.2, 0) is 14.4 Å². The van der Waals surface area contributed by atoms with Crippen LogP contribution in [0.3, 0.4) is 0 Å². The number of hydrogen-bond donors (Lipinski definition) is 1. The average molecular weight is 622 g/mol. The molecular weight excluding hydrogens is 582 g/mol. The van der Waals surface area contributed by atoms with Crippen LogP contribution in [0, 0.1) is 17.8 Å². The van der Waals surface area contributed by atoms with Gasteiger partial charge in [-0.05, 0) is 55.2 Å². The Morgan fingerprint density at radius 1 is 1.07 bits per heavy atom. The van der Waals surface area contributed by atoms with Crippen LogP contribution in [0.4, 0.5) is 11.4 Å². The van der Waals surface area contributed by atoms with Gasteiger partial charge in [0, 0.05) is 34.7 Å². The number of para-hydroxylation sites is 1. The molecule has 0 radical (unpaired) electrons. The van der Waals surface area contributed by atoms with Crippen LogP contribution in [0.2, 0.25) is 5.02 Å². The van der Waals surface area contributed by atoms with E-state index >= 15 is 0 Å². The first-order valence-electron chi connectivity index (χ1n) is 15.0. The summed E-state index contributed by atoms with van der Waals surface area (Å²) in [6, 6.07) is 15.1. The van der Waals surface area contributed by atoms with Gasteiger partial charge in [-0.15, -0.1) is 24.9 Å². The van der Waals surface area contributed by atoms with E-state index in [9.17, 15) is 19.5 Å². The normalized spacial score (nSPS) is 27.0. The summed E-state index contributed by atoms with van der Waals surface area (Å²) in [6.45, 7) is 12.1. The third-order valence-corrected chi connectivity index (χ3v) is 11.7. The number of benzene rings is 2. The van der Waals surface area contributed by atoms with Crippen molar-refractivity contribution in [3.63, 3.8) is 0 Å². The van der Waals surface area contributed by atoms with Gasteiger partial charge in [0.2, 0.25) is 11.8 Å². The van der Waals surface area contributed by atoms with Gasteiger partial charge in [-0.2, -0.15) is 0 Å². The molecule has 3 aliphatic rings. The molecule has 7 atom stereocenters. The Bertz CT molecular complexity index is 1370. The van der Waals surface area contributed by atoms with Crippen molar-refractivity contribution >= 4 is 52.5 Å². The summed E-state index contributed by atoms with van der Waals surface area (Å²) >= 11 is 7.79. The highest BCUT2D eigenvalue weighted by atomic mass is 35.5. The Labute approximate surface area is 263 Å². The molecule has 0 aromatic heterocycles. The number of carbonyl (C=O) groups is 3. The second-order valence-corrected chi connectivity index (χ2v) is 13.8. The SMILES string of the molecule is C=CCN(C(=O)C1N([C@@H](CO)[C@@H](C)CC)C(=O)[C@@H]2[C@H](C(=O)N(CC=C)c3ccccc3)[C@@H]3CCC12S3)c1ccc(Cl)cc1. The van der Waals surface area contributed by atoms with Crippen molar-refractivity contribution < 1.29 is 19.5 Å². The van der Waals surface area contributed by atoms with Crippen molar-refractivity contribution in [1.29, 1.82) is 0 Å². The van der Waals surface area contributed by atoms with Gasteiger partial charge in [-0.3, -0.25) is 14.4 Å². The number of carbonyl (C=O) groups excluding carboxylic acids is 3. The van der Waals surface area contributed by atoms with Crippen molar-refractivity contribution in [3.8, 4) is 0 Å². The lowest BCUT2D eigenvalue weighted by Crippen LogP contribution is -2.58. The van der Waals surface area contributed by atoms with E-state index in [2.05, 4.69) is 13.2 Å². The predicted octanol–water partition coefficient (Wildman–Crippen LogP) is 5.58. The number of aliphatic hydroxyl groups is 1. The van der Waals surface area contributed by atoms with Gasteiger partial charge < -0.3 is 19.8 Å². The first-order valence-corrected chi connectivity index (χ1v) is 16.3. The Hall–Kier alpha value is -3.07. The first-order chi connectivity index (χ1) is 20.7. The standard InChI is InChI=1S/C34H40ClN3O4S/c1-5-19-36(24-11-9-8-10-12-24)31(40)28-27-17-18-34(43-27)29(28)32(41)38(26(21-39)22(4)7-3)30(34)33(42)37(20-6-2)25-15-13-23(35)14-16-25/h5-6,8-16,22,26-30,39H,1-2,7,17-21H2,3-4H3/t22-,26-,27-,28+,29-,30?,34?/m0/s1. The van der Waals surface area contributed by atoms with Gasteiger partial charge in [0.05, 0.1) is 29.2 Å². The first kappa shape index (κ1) is 31.4. The quantitative estimate of drug-likeness (QED) is 0.313. The number of amides is 3. The van der Waals surface area contributed by atoms with Crippen molar-refractivity contribution in [2.75, 3.05) is 29.5 Å². The van der Waals surface area contributed by atoms with Gasteiger partial charge in [0.25, 0.3) is 5.91 Å². The molecule has 2 aromatic carbocycles. The van der Waals surface area contributed by atoms with E-state index in [0.717, 1.165) is 18.5 Å². The molecule has 9 heteroatoms. The van der Waals surface area contributed by atoms with E-state index in [1.165, 1.54) is 0 Å². The average Bonchev–Trinajstić information content (AvgIpc) is 3.67. The van der Waals surface area contributed by atoms with E-state index < -0.39 is 28.7 Å². The van der Waals surface area contributed by atoms with Crippen LogP contribution < -0.4 is 9.80 Å². The minimum atomic E-state index is -0.843. The van der Waals surface area contributed by atoms with E-state index in [-0.39, 0.29) is 42.0 Å². The Kier molecular flexibility index (Phi) is 9.40. The number of anilines is 2. The van der Waals surface area contributed by atoms with Gasteiger partial charge in [-0.25, -0.2) is 0 Å². The molecule has 5 rings (SSSR count). The fourth-order valence-electron chi connectivity index (χ4n) is 7.28. The number of thioether (sulfide) groups is 1. The van der Waals surface area contributed by atoms with Gasteiger partial charge in [0.1, 0.15) is 6.04 Å². The fraction of sp³-hybridized carbons (Fsp3) is 0.441. The van der Waals surface area contributed by atoms with E-state index in [4.69, 9.17) is 11.6 Å². The van der Waals surface area contributed by atoms with Crippen molar-refractivity contribution in [1.82, 2.24) is 4.90 Å².